The minimum atomic E-state index is -0.154. The maximum Gasteiger partial charge on any atom is 0.317 e. The van der Waals surface area contributed by atoms with Crippen LogP contribution in [0, 0.1) is 0 Å². The van der Waals surface area contributed by atoms with Gasteiger partial charge in [0.15, 0.2) is 0 Å². The number of nitrogens with one attached hydrogen (secondary N) is 1. The number of methoxy groups -OCH3 is 2. The van der Waals surface area contributed by atoms with Gasteiger partial charge in [0.25, 0.3) is 0 Å². The summed E-state index contributed by atoms with van der Waals surface area (Å²) in [5, 5.41) is 2.98. The van der Waals surface area contributed by atoms with Crippen molar-refractivity contribution in [3.05, 3.63) is 59.7 Å². The molecule has 2 aromatic rings. The molecule has 0 spiro atoms. The summed E-state index contributed by atoms with van der Waals surface area (Å²) in [6.07, 6.45) is 0. The molecule has 0 fully saturated rings. The molecule has 0 aliphatic rings. The van der Waals surface area contributed by atoms with Gasteiger partial charge in [0.1, 0.15) is 11.5 Å². The summed E-state index contributed by atoms with van der Waals surface area (Å²) in [5.41, 5.74) is 1.91. The lowest BCUT2D eigenvalue weighted by Gasteiger charge is -2.31. The van der Waals surface area contributed by atoms with Crippen molar-refractivity contribution in [1.29, 1.82) is 0 Å². The van der Waals surface area contributed by atoms with Crippen molar-refractivity contribution in [3.8, 4) is 11.5 Å². The number of amides is 2. The molecule has 1 atom stereocenters. The Hall–Kier alpha value is -2.73. The summed E-state index contributed by atoms with van der Waals surface area (Å²) in [5.74, 6) is 1.37. The lowest BCUT2D eigenvalue weighted by atomic mass is 10.1. The lowest BCUT2D eigenvalue weighted by Crippen LogP contribution is -2.42. The molecule has 0 heterocycles. The van der Waals surface area contributed by atoms with Gasteiger partial charge in [-0.25, -0.2) is 4.79 Å². The molecule has 0 radical (unpaired) electrons. The third kappa shape index (κ3) is 5.37. The highest BCUT2D eigenvalue weighted by Gasteiger charge is 2.22. The second-order valence-electron chi connectivity index (χ2n) is 6.60. The summed E-state index contributed by atoms with van der Waals surface area (Å²) < 4.78 is 10.8. The average Bonchev–Trinajstić information content (AvgIpc) is 2.69. The minimum Gasteiger partial charge on any atom is -0.496 e. The van der Waals surface area contributed by atoms with Crippen molar-refractivity contribution in [2.24, 2.45) is 0 Å². The normalized spacial score (nSPS) is 11.8. The molecular weight excluding hydrogens is 342 g/mol. The first kappa shape index (κ1) is 20.6. The van der Waals surface area contributed by atoms with E-state index in [0.717, 1.165) is 17.7 Å². The van der Waals surface area contributed by atoms with Crippen LogP contribution in [0.1, 0.15) is 17.2 Å². The number of benzene rings is 2. The zero-order valence-electron chi connectivity index (χ0n) is 16.7. The van der Waals surface area contributed by atoms with Crippen LogP contribution in [0.15, 0.2) is 48.5 Å². The predicted octanol–water partition coefficient (Wildman–Crippen LogP) is 3.15. The first-order valence-corrected chi connectivity index (χ1v) is 8.88. The van der Waals surface area contributed by atoms with Gasteiger partial charge < -0.3 is 24.6 Å². The maximum atomic E-state index is 12.8. The molecular formula is C21H29N3O3. The Morgan fingerprint density at radius 1 is 0.963 bits per heavy atom. The van der Waals surface area contributed by atoms with Crippen molar-refractivity contribution in [2.75, 3.05) is 41.9 Å². The van der Waals surface area contributed by atoms with Crippen LogP contribution in [-0.4, -0.2) is 57.7 Å². The van der Waals surface area contributed by atoms with E-state index in [-0.39, 0.29) is 12.1 Å². The minimum absolute atomic E-state index is 0.0548. The highest BCUT2D eigenvalue weighted by Crippen LogP contribution is 2.28. The third-order valence-electron chi connectivity index (χ3n) is 4.46. The number of hydrogen-bond donors (Lipinski definition) is 1. The van der Waals surface area contributed by atoms with E-state index in [9.17, 15) is 4.79 Å². The Morgan fingerprint density at radius 3 is 2.07 bits per heavy atom. The van der Waals surface area contributed by atoms with Gasteiger partial charge in [-0.2, -0.15) is 0 Å². The fraction of sp³-hybridized carbons (Fsp3) is 0.381. The van der Waals surface area contributed by atoms with Crippen molar-refractivity contribution >= 4 is 6.03 Å². The van der Waals surface area contributed by atoms with E-state index >= 15 is 0 Å². The van der Waals surface area contributed by atoms with E-state index < -0.39 is 0 Å². The second kappa shape index (κ2) is 9.83. The van der Waals surface area contributed by atoms with Gasteiger partial charge in [-0.05, 0) is 31.8 Å². The van der Waals surface area contributed by atoms with E-state index in [4.69, 9.17) is 9.47 Å². The SMILES string of the molecule is COc1cccc(OC)c1CNC(=O)N(C)[C@H](CN(C)C)c1ccccc1. The number of urea groups is 1. The van der Waals surface area contributed by atoms with Gasteiger partial charge in [0.2, 0.25) is 0 Å². The quantitative estimate of drug-likeness (QED) is 0.775. The summed E-state index contributed by atoms with van der Waals surface area (Å²) in [4.78, 5) is 16.6. The van der Waals surface area contributed by atoms with Crippen molar-refractivity contribution in [3.63, 3.8) is 0 Å². The topological polar surface area (TPSA) is 54.0 Å². The molecule has 0 unspecified atom stereocenters. The molecule has 0 aliphatic heterocycles. The molecule has 146 valence electrons. The van der Waals surface area contributed by atoms with Gasteiger partial charge in [0, 0.05) is 13.6 Å². The Labute approximate surface area is 161 Å². The number of carbonyl (C=O) groups is 1. The Kier molecular flexibility index (Phi) is 7.49. The van der Waals surface area contributed by atoms with Crippen LogP contribution in [-0.2, 0) is 6.54 Å². The predicted molar refractivity (Wildman–Crippen MR) is 107 cm³/mol. The molecule has 2 rings (SSSR count). The summed E-state index contributed by atoms with van der Waals surface area (Å²) in [7, 11) is 9.03. The standard InChI is InChI=1S/C21H29N3O3/c1-23(2)15-18(16-10-7-6-8-11-16)24(3)21(25)22-14-17-19(26-4)12-9-13-20(17)27-5/h6-13,18H,14-15H2,1-5H3,(H,22,25)/t18-/m1/s1. The Bertz CT molecular complexity index is 712. The molecule has 0 saturated heterocycles. The fourth-order valence-electron chi connectivity index (χ4n) is 3.01. The zero-order valence-corrected chi connectivity index (χ0v) is 16.7. The van der Waals surface area contributed by atoms with E-state index in [0.29, 0.717) is 18.0 Å². The molecule has 27 heavy (non-hydrogen) atoms. The zero-order chi connectivity index (χ0) is 19.8. The third-order valence-corrected chi connectivity index (χ3v) is 4.46. The number of likely N-dealkylation sites (N-methyl/N-ethyl adjacent to an activating group) is 2. The van der Waals surface area contributed by atoms with Crippen LogP contribution in [0.3, 0.4) is 0 Å². The first-order chi connectivity index (χ1) is 13.0. The summed E-state index contributed by atoms with van der Waals surface area (Å²) in [6.45, 7) is 1.05. The van der Waals surface area contributed by atoms with Gasteiger partial charge in [-0.3, -0.25) is 0 Å². The molecule has 0 aliphatic carbocycles. The summed E-state index contributed by atoms with van der Waals surface area (Å²) >= 11 is 0. The Morgan fingerprint density at radius 2 is 1.56 bits per heavy atom. The number of ether oxygens (including phenoxy) is 2. The number of nitrogens with zero attached hydrogens (tertiary/aromatic N) is 2. The maximum absolute atomic E-state index is 12.8. The Balaban J connectivity index is 2.14. The molecule has 0 saturated carbocycles. The molecule has 6 nitrogen and oxygen atoms in total. The second-order valence-corrected chi connectivity index (χ2v) is 6.60. The van der Waals surface area contributed by atoms with Gasteiger partial charge in [-0.1, -0.05) is 36.4 Å². The van der Waals surface area contributed by atoms with Crippen LogP contribution in [0.25, 0.3) is 0 Å². The average molecular weight is 371 g/mol. The highest BCUT2D eigenvalue weighted by molar-refractivity contribution is 5.74. The van der Waals surface area contributed by atoms with E-state index in [1.807, 2.05) is 69.7 Å². The largest absolute Gasteiger partial charge is 0.496 e. The molecule has 1 N–H and O–H groups in total. The van der Waals surface area contributed by atoms with Crippen molar-refractivity contribution in [2.45, 2.75) is 12.6 Å². The van der Waals surface area contributed by atoms with Crippen LogP contribution in [0.2, 0.25) is 0 Å². The van der Waals surface area contributed by atoms with Crippen molar-refractivity contribution in [1.82, 2.24) is 15.1 Å². The first-order valence-electron chi connectivity index (χ1n) is 8.88. The van der Waals surface area contributed by atoms with E-state index in [1.165, 1.54) is 0 Å². The lowest BCUT2D eigenvalue weighted by molar-refractivity contribution is 0.175. The van der Waals surface area contributed by atoms with Crippen LogP contribution in [0.5, 0.6) is 11.5 Å². The number of carbonyl (C=O) groups excluding carboxylic acids is 1. The van der Waals surface area contributed by atoms with Gasteiger partial charge >= 0.3 is 6.03 Å². The van der Waals surface area contributed by atoms with E-state index in [1.54, 1.807) is 19.1 Å². The molecule has 6 heteroatoms. The fourth-order valence-corrected chi connectivity index (χ4v) is 3.01. The molecule has 0 aromatic heterocycles. The number of hydrogen-bond acceptors (Lipinski definition) is 4. The molecule has 2 amide bonds. The van der Waals surface area contributed by atoms with Gasteiger partial charge in [0.05, 0.1) is 32.4 Å². The van der Waals surface area contributed by atoms with Gasteiger partial charge in [-0.15, -0.1) is 0 Å². The van der Waals surface area contributed by atoms with Crippen molar-refractivity contribution < 1.29 is 14.3 Å². The monoisotopic (exact) mass is 371 g/mol. The van der Waals surface area contributed by atoms with Crippen LogP contribution >= 0.6 is 0 Å². The molecule has 0 bridgehead atoms. The number of rotatable bonds is 8. The van der Waals surface area contributed by atoms with Crippen LogP contribution in [0.4, 0.5) is 4.79 Å². The smallest absolute Gasteiger partial charge is 0.317 e. The summed E-state index contributed by atoms with van der Waals surface area (Å²) in [6, 6.07) is 15.4. The van der Waals surface area contributed by atoms with E-state index in [2.05, 4.69) is 10.2 Å². The van der Waals surface area contributed by atoms with Crippen LogP contribution < -0.4 is 14.8 Å². The molecule has 2 aromatic carbocycles. The highest BCUT2D eigenvalue weighted by atomic mass is 16.5.